The van der Waals surface area contributed by atoms with E-state index in [1.807, 2.05) is 59.6 Å². The van der Waals surface area contributed by atoms with Crippen LogP contribution in [0.15, 0.2) is 78.0 Å². The number of benzene rings is 3. The fourth-order valence-corrected chi connectivity index (χ4v) is 3.98. The Hall–Kier alpha value is -3.78. The van der Waals surface area contributed by atoms with Crippen molar-refractivity contribution >= 4 is 46.9 Å². The number of nitrogens with one attached hydrogen (secondary N) is 3. The standard InChI is InChI=1S/C23H19N5O2S/c29-21-13-20(14-4-2-1-3-5-14)28(27-21)17-9-7-16(8-10-17)24-22(30)15-6-11-18-19(12-15)26-23(31)25-18/h1-12,20H,13H2,(H,24,30)(H,27,29)(H2,25,26,31). The van der Waals surface area contributed by atoms with Crippen LogP contribution in [-0.2, 0) is 4.79 Å². The number of carbonyl (C=O) groups is 2. The second kappa shape index (κ2) is 7.81. The number of anilines is 2. The number of hydrogen-bond donors (Lipinski definition) is 4. The summed E-state index contributed by atoms with van der Waals surface area (Å²) >= 11 is 4.19. The molecule has 8 heteroatoms. The van der Waals surface area contributed by atoms with E-state index in [1.165, 1.54) is 0 Å². The van der Waals surface area contributed by atoms with Crippen LogP contribution < -0.4 is 15.8 Å². The van der Waals surface area contributed by atoms with Crippen LogP contribution in [0.1, 0.15) is 28.4 Å². The molecular formula is C23H19N5O2S. The molecule has 5 rings (SSSR count). The molecule has 1 aliphatic rings. The van der Waals surface area contributed by atoms with Crippen LogP contribution in [0.3, 0.4) is 0 Å². The van der Waals surface area contributed by atoms with E-state index in [9.17, 15) is 9.59 Å². The average molecular weight is 430 g/mol. The molecule has 31 heavy (non-hydrogen) atoms. The highest BCUT2D eigenvalue weighted by atomic mass is 32.1. The molecule has 3 aromatic carbocycles. The van der Waals surface area contributed by atoms with Crippen molar-refractivity contribution in [2.24, 2.45) is 0 Å². The minimum absolute atomic E-state index is 0.0237. The van der Waals surface area contributed by atoms with Crippen molar-refractivity contribution in [2.45, 2.75) is 17.6 Å². The van der Waals surface area contributed by atoms with E-state index in [-0.39, 0.29) is 17.9 Å². The minimum atomic E-state index is -0.227. The number of nitrogens with zero attached hydrogens (tertiary/aromatic N) is 2. The van der Waals surface area contributed by atoms with Crippen molar-refractivity contribution < 1.29 is 9.59 Å². The highest BCUT2D eigenvalue weighted by molar-refractivity contribution is 7.80. The van der Waals surface area contributed by atoms with Gasteiger partial charge in [-0.2, -0.15) is 0 Å². The van der Waals surface area contributed by atoms with E-state index < -0.39 is 0 Å². The molecule has 2 amide bonds. The fourth-order valence-electron chi connectivity index (χ4n) is 3.75. The number of imidazole rings is 1. The summed E-state index contributed by atoms with van der Waals surface area (Å²) in [5.41, 5.74) is 7.50. The number of rotatable bonds is 4. The number of amides is 2. The molecule has 1 fully saturated rings. The largest absolute Gasteiger partial charge is 0.333 e. The van der Waals surface area contributed by atoms with Crippen LogP contribution in [0.5, 0.6) is 0 Å². The quantitative estimate of drug-likeness (QED) is 0.368. The monoisotopic (exact) mass is 429 g/mol. The van der Waals surface area contributed by atoms with Crippen molar-refractivity contribution in [3.8, 4) is 0 Å². The molecule has 1 atom stereocenters. The third kappa shape index (κ3) is 3.85. The van der Waals surface area contributed by atoms with Crippen LogP contribution in [0, 0.1) is 0 Å². The van der Waals surface area contributed by atoms with Crippen LogP contribution in [0.2, 0.25) is 0 Å². The Bertz CT molecular complexity index is 1270. The number of carbonyl (C=O) groups excluding carboxylic acids is 2. The molecule has 7 nitrogen and oxygen atoms in total. The lowest BCUT2D eigenvalue weighted by Gasteiger charge is -2.26. The second-order valence-corrected chi connectivity index (χ2v) is 7.75. The van der Waals surface area contributed by atoms with Gasteiger partial charge in [0.2, 0.25) is 5.91 Å². The summed E-state index contributed by atoms with van der Waals surface area (Å²) in [6.07, 6.45) is 0.395. The predicted molar refractivity (Wildman–Crippen MR) is 122 cm³/mol. The number of hydrazine groups is 1. The molecule has 1 unspecified atom stereocenters. The molecule has 3 N–H and O–H groups in total. The van der Waals surface area contributed by atoms with Gasteiger partial charge in [-0.05, 0) is 48.0 Å². The third-order valence-electron chi connectivity index (χ3n) is 5.26. The Labute approximate surface area is 183 Å². The van der Waals surface area contributed by atoms with Crippen LogP contribution in [-0.4, -0.2) is 21.8 Å². The van der Waals surface area contributed by atoms with Crippen LogP contribution in [0.4, 0.5) is 11.4 Å². The van der Waals surface area contributed by atoms with E-state index in [0.29, 0.717) is 28.3 Å². The van der Waals surface area contributed by atoms with Gasteiger partial charge < -0.3 is 10.3 Å². The molecule has 0 spiro atoms. The van der Waals surface area contributed by atoms with Crippen LogP contribution in [0.25, 0.3) is 11.0 Å². The molecule has 4 aromatic rings. The molecule has 0 saturated carbocycles. The zero-order valence-electron chi connectivity index (χ0n) is 16.4. The van der Waals surface area contributed by atoms with Gasteiger partial charge in [0, 0.05) is 11.3 Å². The summed E-state index contributed by atoms with van der Waals surface area (Å²) in [5, 5.41) is 5.27. The molecule has 1 saturated heterocycles. The Morgan fingerprint density at radius 2 is 1.84 bits per heavy atom. The number of H-pyrrole nitrogens is 1. The topological polar surface area (TPSA) is 90.1 Å². The second-order valence-electron chi connectivity index (χ2n) is 7.33. The Kier molecular flexibility index (Phi) is 4.83. The van der Waals surface area contributed by atoms with Gasteiger partial charge in [-0.25, -0.2) is 4.98 Å². The third-order valence-corrected chi connectivity index (χ3v) is 5.47. The summed E-state index contributed by atoms with van der Waals surface area (Å²) in [5.74, 6) is -0.251. The van der Waals surface area contributed by atoms with Crippen molar-refractivity contribution in [3.05, 3.63) is 83.9 Å². The first kappa shape index (κ1) is 19.2. The fraction of sp³-hybridized carbons (Fsp3) is 0.0870. The molecule has 1 aliphatic heterocycles. The summed E-state index contributed by atoms with van der Waals surface area (Å²) in [6, 6.07) is 22.5. The van der Waals surface area contributed by atoms with Crippen molar-refractivity contribution in [3.63, 3.8) is 0 Å². The van der Waals surface area contributed by atoms with E-state index in [2.05, 4.69) is 33.3 Å². The van der Waals surface area contributed by atoms with Gasteiger partial charge in [-0.15, -0.1) is 12.6 Å². The van der Waals surface area contributed by atoms with E-state index in [1.54, 1.807) is 18.2 Å². The number of thiol groups is 1. The Morgan fingerprint density at radius 1 is 1.06 bits per heavy atom. The zero-order chi connectivity index (χ0) is 21.4. The maximum absolute atomic E-state index is 12.7. The SMILES string of the molecule is O=C1CC(c2ccccc2)N(c2ccc(NC(=O)c3ccc4[nH]c(S)nc4c3)cc2)N1. The van der Waals surface area contributed by atoms with Gasteiger partial charge in [-0.1, -0.05) is 30.3 Å². The normalized spacial score (nSPS) is 15.8. The average Bonchev–Trinajstić information content (AvgIpc) is 3.36. The predicted octanol–water partition coefficient (Wildman–Crippen LogP) is 4.09. The van der Waals surface area contributed by atoms with Crippen molar-refractivity contribution in [1.82, 2.24) is 15.4 Å². The lowest BCUT2D eigenvalue weighted by Crippen LogP contribution is -2.34. The first-order valence-corrected chi connectivity index (χ1v) is 10.3. The summed E-state index contributed by atoms with van der Waals surface area (Å²) in [4.78, 5) is 32.0. The van der Waals surface area contributed by atoms with E-state index >= 15 is 0 Å². The lowest BCUT2D eigenvalue weighted by atomic mass is 10.0. The highest BCUT2D eigenvalue weighted by Gasteiger charge is 2.31. The number of hydrogen-bond acceptors (Lipinski definition) is 5. The summed E-state index contributed by atoms with van der Waals surface area (Å²) < 4.78 is 0. The first-order chi connectivity index (χ1) is 15.1. The lowest BCUT2D eigenvalue weighted by molar-refractivity contribution is -0.119. The smallest absolute Gasteiger partial charge is 0.255 e. The van der Waals surface area contributed by atoms with E-state index in [4.69, 9.17) is 0 Å². The first-order valence-electron chi connectivity index (χ1n) is 9.81. The molecule has 0 aliphatic carbocycles. The Morgan fingerprint density at radius 3 is 2.61 bits per heavy atom. The Balaban J connectivity index is 1.33. The van der Waals surface area contributed by atoms with Crippen LogP contribution >= 0.6 is 12.6 Å². The molecular weight excluding hydrogens is 410 g/mol. The molecule has 0 radical (unpaired) electrons. The molecule has 2 heterocycles. The number of aromatic nitrogens is 2. The highest BCUT2D eigenvalue weighted by Crippen LogP contribution is 2.32. The van der Waals surface area contributed by atoms with Gasteiger partial charge in [0.05, 0.1) is 29.2 Å². The minimum Gasteiger partial charge on any atom is -0.333 e. The van der Waals surface area contributed by atoms with Gasteiger partial charge in [0.25, 0.3) is 5.91 Å². The van der Waals surface area contributed by atoms with Gasteiger partial charge in [-0.3, -0.25) is 20.0 Å². The zero-order valence-corrected chi connectivity index (χ0v) is 17.3. The number of fused-ring (bicyclic) bond motifs is 1. The number of aromatic amines is 1. The van der Waals surface area contributed by atoms with Gasteiger partial charge >= 0.3 is 0 Å². The summed E-state index contributed by atoms with van der Waals surface area (Å²) in [7, 11) is 0. The molecule has 154 valence electrons. The van der Waals surface area contributed by atoms with Gasteiger partial charge in [0.1, 0.15) is 0 Å². The maximum Gasteiger partial charge on any atom is 0.255 e. The van der Waals surface area contributed by atoms with E-state index in [0.717, 1.165) is 16.8 Å². The molecule has 1 aromatic heterocycles. The van der Waals surface area contributed by atoms with Crippen molar-refractivity contribution in [2.75, 3.05) is 10.3 Å². The molecule has 0 bridgehead atoms. The maximum atomic E-state index is 12.7. The van der Waals surface area contributed by atoms with Crippen molar-refractivity contribution in [1.29, 1.82) is 0 Å². The van der Waals surface area contributed by atoms with Gasteiger partial charge in [0.15, 0.2) is 5.16 Å². The summed E-state index contributed by atoms with van der Waals surface area (Å²) in [6.45, 7) is 0.